The first-order chi connectivity index (χ1) is 13.8. The van der Waals surface area contributed by atoms with E-state index in [2.05, 4.69) is 32.6 Å². The maximum atomic E-state index is 11.9. The number of anilines is 2. The molecule has 1 aromatic heterocycles. The van der Waals surface area contributed by atoms with Gasteiger partial charge in [0.1, 0.15) is 5.82 Å². The van der Waals surface area contributed by atoms with Crippen LogP contribution in [0.15, 0.2) is 40.9 Å². The number of nitriles is 1. The zero-order valence-electron chi connectivity index (χ0n) is 15.6. The van der Waals surface area contributed by atoms with Crippen LogP contribution in [0.25, 0.3) is 23.2 Å². The summed E-state index contributed by atoms with van der Waals surface area (Å²) in [6, 6.07) is 13.5. The Bertz CT molecular complexity index is 1340. The van der Waals surface area contributed by atoms with Gasteiger partial charge in [0.05, 0.1) is 27.7 Å². The van der Waals surface area contributed by atoms with E-state index < -0.39 is 5.41 Å². The highest BCUT2D eigenvalue weighted by molar-refractivity contribution is 9.10. The molecule has 0 aliphatic carbocycles. The Hall–Kier alpha value is -2.88. The van der Waals surface area contributed by atoms with Crippen LogP contribution in [-0.4, -0.2) is 10.9 Å². The fraction of sp³-hybridized carbons (Fsp3) is 0.136. The van der Waals surface area contributed by atoms with Crippen molar-refractivity contribution in [3.05, 3.63) is 61.9 Å². The molecule has 0 spiro atoms. The molecule has 0 atom stereocenters. The minimum absolute atomic E-state index is 0.345. The molecule has 1 radical (unpaired) electrons. The summed E-state index contributed by atoms with van der Waals surface area (Å²) in [5.74, 6) is 0.158. The molecule has 2 aromatic carbocycles. The summed E-state index contributed by atoms with van der Waals surface area (Å²) >= 11 is 9.89. The molecule has 2 heterocycles. The van der Waals surface area contributed by atoms with Gasteiger partial charge in [-0.15, -0.1) is 0 Å². The molecule has 0 unspecified atom stereocenters. The zero-order valence-corrected chi connectivity index (χ0v) is 18.0. The lowest BCUT2D eigenvalue weighted by Gasteiger charge is -2.18. The Labute approximate surface area is 180 Å². The van der Waals surface area contributed by atoms with Gasteiger partial charge in [0.15, 0.2) is 0 Å². The van der Waals surface area contributed by atoms with E-state index in [-0.39, 0.29) is 5.91 Å². The summed E-state index contributed by atoms with van der Waals surface area (Å²) in [5.41, 5.74) is 1.53. The van der Waals surface area contributed by atoms with Crippen molar-refractivity contribution in [2.45, 2.75) is 19.3 Å². The molecule has 0 saturated heterocycles. The van der Waals surface area contributed by atoms with Gasteiger partial charge in [-0.25, -0.2) is 10.3 Å². The number of benzene rings is 2. The molecule has 143 valence electrons. The van der Waals surface area contributed by atoms with E-state index in [4.69, 9.17) is 16.6 Å². The van der Waals surface area contributed by atoms with E-state index in [9.17, 15) is 10.1 Å². The summed E-state index contributed by atoms with van der Waals surface area (Å²) in [4.78, 5) is 16.7. The highest BCUT2D eigenvalue weighted by atomic mass is 79.9. The van der Waals surface area contributed by atoms with Crippen molar-refractivity contribution in [1.29, 1.82) is 5.26 Å². The number of pyridine rings is 1. The zero-order chi connectivity index (χ0) is 20.8. The van der Waals surface area contributed by atoms with E-state index in [1.165, 1.54) is 6.08 Å². The van der Waals surface area contributed by atoms with Crippen molar-refractivity contribution < 1.29 is 4.79 Å². The number of hydrogen-bond acceptors (Lipinski definition) is 4. The molecule has 1 aliphatic rings. The van der Waals surface area contributed by atoms with E-state index in [0.29, 0.717) is 21.7 Å². The quantitative estimate of drug-likeness (QED) is 0.636. The van der Waals surface area contributed by atoms with Crippen molar-refractivity contribution in [3.63, 3.8) is 0 Å². The molecular formula is C22H15BrClN4O. The third-order valence-corrected chi connectivity index (χ3v) is 5.66. The van der Waals surface area contributed by atoms with Gasteiger partial charge in [-0.05, 0) is 49.7 Å². The third kappa shape index (κ3) is 3.59. The average Bonchev–Trinajstić information content (AvgIpc) is 2.70. The van der Waals surface area contributed by atoms with Gasteiger partial charge in [0.2, 0.25) is 0 Å². The lowest BCUT2D eigenvalue weighted by atomic mass is 9.86. The van der Waals surface area contributed by atoms with Gasteiger partial charge in [0, 0.05) is 32.6 Å². The van der Waals surface area contributed by atoms with Crippen LogP contribution in [0.1, 0.15) is 19.4 Å². The average molecular weight is 467 g/mol. The smallest absolute Gasteiger partial charge is 0.270 e. The number of carbonyl (C=O) groups is 1. The Kier molecular flexibility index (Phi) is 4.81. The summed E-state index contributed by atoms with van der Waals surface area (Å²) in [6.45, 7) is 3.69. The van der Waals surface area contributed by atoms with Crippen molar-refractivity contribution in [2.75, 3.05) is 5.32 Å². The predicted octanol–water partition coefficient (Wildman–Crippen LogP) is 3.86. The second kappa shape index (κ2) is 7.18. The Morgan fingerprint density at radius 2 is 1.97 bits per heavy atom. The Morgan fingerprint density at radius 3 is 2.72 bits per heavy atom. The largest absolute Gasteiger partial charge is 0.338 e. The summed E-state index contributed by atoms with van der Waals surface area (Å²) in [5, 5.41) is 19.5. The summed E-state index contributed by atoms with van der Waals surface area (Å²) < 4.78 is 0.912. The maximum Gasteiger partial charge on any atom is 0.270 e. The second-order valence-electron chi connectivity index (χ2n) is 7.25. The lowest BCUT2D eigenvalue weighted by molar-refractivity contribution is -0.114. The van der Waals surface area contributed by atoms with Crippen molar-refractivity contribution in [1.82, 2.24) is 10.3 Å². The predicted molar refractivity (Wildman–Crippen MR) is 118 cm³/mol. The normalized spacial score (nSPS) is 13.0. The molecule has 0 fully saturated rings. The SMILES string of the molecule is CC(C)(C#N)c1ccc(Cl)c(Nc2nc3ccc(Br)cc3c3c2=CC(=O)[N]C=3)c1. The number of halogens is 2. The summed E-state index contributed by atoms with van der Waals surface area (Å²) in [6.07, 6.45) is 3.03. The highest BCUT2D eigenvalue weighted by Gasteiger charge is 2.21. The van der Waals surface area contributed by atoms with E-state index in [1.54, 1.807) is 12.3 Å². The third-order valence-electron chi connectivity index (χ3n) is 4.84. The molecule has 7 heteroatoms. The number of aromatic nitrogens is 1. The van der Waals surface area contributed by atoms with Crippen LogP contribution < -0.4 is 21.1 Å². The highest BCUT2D eigenvalue weighted by Crippen LogP contribution is 2.31. The number of hydrogen-bond donors (Lipinski definition) is 1. The number of rotatable bonds is 3. The second-order valence-corrected chi connectivity index (χ2v) is 8.57. The minimum atomic E-state index is -0.668. The molecule has 0 bridgehead atoms. The number of carbonyl (C=O) groups excluding carboxylic acids is 1. The van der Waals surface area contributed by atoms with Crippen LogP contribution in [0.2, 0.25) is 5.02 Å². The van der Waals surface area contributed by atoms with Crippen LogP contribution in [0.4, 0.5) is 11.5 Å². The van der Waals surface area contributed by atoms with Gasteiger partial charge in [-0.1, -0.05) is 33.6 Å². The molecule has 3 aromatic rings. The van der Waals surface area contributed by atoms with Gasteiger partial charge in [-0.2, -0.15) is 5.26 Å². The minimum Gasteiger partial charge on any atom is -0.338 e. The molecule has 0 saturated carbocycles. The maximum absolute atomic E-state index is 11.9. The van der Waals surface area contributed by atoms with Gasteiger partial charge >= 0.3 is 0 Å². The lowest BCUT2D eigenvalue weighted by Crippen LogP contribution is -2.36. The number of nitrogens with zero attached hydrogens (tertiary/aromatic N) is 3. The fourth-order valence-corrected chi connectivity index (χ4v) is 3.67. The van der Waals surface area contributed by atoms with E-state index >= 15 is 0 Å². The first kappa shape index (κ1) is 19.4. The number of amides is 1. The van der Waals surface area contributed by atoms with Crippen LogP contribution in [0.5, 0.6) is 0 Å². The molecule has 1 N–H and O–H groups in total. The van der Waals surface area contributed by atoms with Gasteiger partial charge in [0.25, 0.3) is 5.91 Å². The number of fused-ring (bicyclic) bond motifs is 3. The van der Waals surface area contributed by atoms with Crippen molar-refractivity contribution in [2.24, 2.45) is 0 Å². The first-order valence-corrected chi connectivity index (χ1v) is 10.00. The fourth-order valence-electron chi connectivity index (χ4n) is 3.15. The van der Waals surface area contributed by atoms with Gasteiger partial charge in [-0.3, -0.25) is 4.79 Å². The van der Waals surface area contributed by atoms with Crippen LogP contribution >= 0.6 is 27.5 Å². The van der Waals surface area contributed by atoms with E-state index in [1.807, 2.05) is 44.2 Å². The van der Waals surface area contributed by atoms with E-state index in [0.717, 1.165) is 26.2 Å². The molecule has 4 rings (SSSR count). The first-order valence-electron chi connectivity index (χ1n) is 8.83. The molecule has 1 aliphatic heterocycles. The van der Waals surface area contributed by atoms with Crippen molar-refractivity contribution >= 4 is 68.1 Å². The monoisotopic (exact) mass is 465 g/mol. The number of nitrogens with one attached hydrogen (secondary N) is 1. The standard InChI is InChI=1S/C22H15BrClN4O/c1-22(2,11-25)12-3-5-17(24)19(7-12)28-21-15-9-20(29)26-10-16(15)14-8-13(23)4-6-18(14)27-21/h3-10H,1-2H3,(H,27,28). The Balaban J connectivity index is 1.93. The molecular weight excluding hydrogens is 452 g/mol. The van der Waals surface area contributed by atoms with Crippen molar-refractivity contribution in [3.8, 4) is 6.07 Å². The van der Waals surface area contributed by atoms with Crippen LogP contribution in [0.3, 0.4) is 0 Å². The molecule has 5 nitrogen and oxygen atoms in total. The summed E-state index contributed by atoms with van der Waals surface area (Å²) in [7, 11) is 0. The molecule has 29 heavy (non-hydrogen) atoms. The van der Waals surface area contributed by atoms with Gasteiger partial charge < -0.3 is 5.32 Å². The van der Waals surface area contributed by atoms with Crippen LogP contribution in [0, 0.1) is 11.3 Å². The Morgan fingerprint density at radius 1 is 1.17 bits per heavy atom. The topological polar surface area (TPSA) is 79.9 Å². The molecule has 1 amide bonds. The van der Waals surface area contributed by atoms with Crippen LogP contribution in [-0.2, 0) is 10.2 Å².